The number of aryl methyl sites for hydroxylation is 1. The predicted octanol–water partition coefficient (Wildman–Crippen LogP) is 3.21. The first kappa shape index (κ1) is 18.6. The van der Waals surface area contributed by atoms with Crippen molar-refractivity contribution >= 4 is 33.3 Å². The Morgan fingerprint density at radius 2 is 2.21 bits per heavy atom. The van der Waals surface area contributed by atoms with Crippen molar-refractivity contribution in [1.29, 1.82) is 0 Å². The third-order valence-electron chi connectivity index (χ3n) is 4.48. The molecule has 0 radical (unpaired) electrons. The molecule has 0 saturated carbocycles. The largest absolute Gasteiger partial charge is 0.481 e. The Balaban J connectivity index is 1.43. The summed E-state index contributed by atoms with van der Waals surface area (Å²) in [5.41, 5.74) is 0.814. The van der Waals surface area contributed by atoms with Crippen LogP contribution in [0.5, 0.6) is 5.75 Å². The summed E-state index contributed by atoms with van der Waals surface area (Å²) in [7, 11) is 0. The molecular weight excluding hydrogens is 382 g/mol. The van der Waals surface area contributed by atoms with Crippen LogP contribution in [-0.2, 0) is 9.53 Å². The van der Waals surface area contributed by atoms with Gasteiger partial charge in [-0.05, 0) is 44.4 Å². The van der Waals surface area contributed by atoms with Gasteiger partial charge >= 0.3 is 5.63 Å². The number of hydrogen-bond acceptors (Lipinski definition) is 8. The molecule has 3 aromatic rings. The summed E-state index contributed by atoms with van der Waals surface area (Å²) < 4.78 is 16.5. The quantitative estimate of drug-likeness (QED) is 0.655. The summed E-state index contributed by atoms with van der Waals surface area (Å²) in [6.07, 6.45) is 1.11. The summed E-state index contributed by atoms with van der Waals surface area (Å²) in [5.74, 6) is 0.0852. The average molecular weight is 401 g/mol. The molecule has 3 heterocycles. The van der Waals surface area contributed by atoms with Gasteiger partial charge in [0.25, 0.3) is 5.91 Å². The van der Waals surface area contributed by atoms with Crippen molar-refractivity contribution in [3.63, 3.8) is 0 Å². The lowest BCUT2D eigenvalue weighted by molar-refractivity contribution is -0.122. The number of anilines is 1. The first-order valence-corrected chi connectivity index (χ1v) is 9.78. The monoisotopic (exact) mass is 401 g/mol. The topological polar surface area (TPSA) is 104 Å². The number of carbonyl (C=O) groups is 1. The maximum atomic E-state index is 12.4. The summed E-state index contributed by atoms with van der Waals surface area (Å²) in [4.78, 5) is 24.0. The van der Waals surface area contributed by atoms with Gasteiger partial charge in [0.2, 0.25) is 5.13 Å². The zero-order valence-electron chi connectivity index (χ0n) is 15.4. The molecule has 2 atom stereocenters. The minimum atomic E-state index is -0.774. The lowest BCUT2D eigenvalue weighted by Crippen LogP contribution is -2.30. The van der Waals surface area contributed by atoms with Crippen LogP contribution in [0.4, 0.5) is 5.13 Å². The second kappa shape index (κ2) is 7.69. The molecule has 1 aliphatic rings. The number of carbonyl (C=O) groups excluding carboxylic acids is 1. The SMILES string of the molecule is Cc1cc(=O)oc2cc(O[C@H](C)C(=O)Nc3nnc([C@H]4CCCO4)s3)ccc12. The van der Waals surface area contributed by atoms with Gasteiger partial charge in [-0.15, -0.1) is 10.2 Å². The van der Waals surface area contributed by atoms with Gasteiger partial charge in [-0.2, -0.15) is 0 Å². The van der Waals surface area contributed by atoms with Crippen molar-refractivity contribution in [3.05, 3.63) is 45.3 Å². The maximum Gasteiger partial charge on any atom is 0.336 e. The van der Waals surface area contributed by atoms with Gasteiger partial charge in [0.05, 0.1) is 0 Å². The molecule has 0 spiro atoms. The van der Waals surface area contributed by atoms with E-state index in [1.807, 2.05) is 6.92 Å². The van der Waals surface area contributed by atoms with Crippen molar-refractivity contribution in [2.75, 3.05) is 11.9 Å². The number of nitrogens with one attached hydrogen (secondary N) is 1. The number of ether oxygens (including phenoxy) is 2. The molecule has 1 fully saturated rings. The Morgan fingerprint density at radius 3 is 3.00 bits per heavy atom. The standard InChI is InChI=1S/C19H19N3O5S/c1-10-8-16(23)27-15-9-12(5-6-13(10)15)26-11(2)17(24)20-19-22-21-18(28-19)14-4-3-7-25-14/h5-6,8-9,11,14H,3-4,7H2,1-2H3,(H,20,22,24)/t11-,14-/m1/s1. The number of aromatic nitrogens is 2. The molecule has 1 N–H and O–H groups in total. The van der Waals surface area contributed by atoms with Crippen molar-refractivity contribution in [1.82, 2.24) is 10.2 Å². The molecule has 28 heavy (non-hydrogen) atoms. The van der Waals surface area contributed by atoms with E-state index < -0.39 is 11.7 Å². The van der Waals surface area contributed by atoms with E-state index >= 15 is 0 Å². The fourth-order valence-electron chi connectivity index (χ4n) is 3.03. The van der Waals surface area contributed by atoms with Crippen LogP contribution in [0.2, 0.25) is 0 Å². The minimum absolute atomic E-state index is 0.0347. The number of fused-ring (bicyclic) bond motifs is 1. The molecule has 4 rings (SSSR count). The van der Waals surface area contributed by atoms with Gasteiger partial charge in [-0.25, -0.2) is 4.79 Å². The molecule has 2 aromatic heterocycles. The van der Waals surface area contributed by atoms with Crippen LogP contribution in [-0.4, -0.2) is 28.8 Å². The number of amides is 1. The second-order valence-electron chi connectivity index (χ2n) is 6.60. The molecule has 0 bridgehead atoms. The Labute approximate surface area is 164 Å². The number of nitrogens with zero attached hydrogens (tertiary/aromatic N) is 2. The molecule has 1 aliphatic heterocycles. The van der Waals surface area contributed by atoms with E-state index in [1.165, 1.54) is 17.4 Å². The third kappa shape index (κ3) is 3.90. The van der Waals surface area contributed by atoms with Gasteiger partial charge in [-0.3, -0.25) is 10.1 Å². The van der Waals surface area contributed by atoms with Crippen LogP contribution < -0.4 is 15.7 Å². The summed E-state index contributed by atoms with van der Waals surface area (Å²) >= 11 is 1.30. The second-order valence-corrected chi connectivity index (χ2v) is 7.61. The van der Waals surface area contributed by atoms with Crippen LogP contribution in [0.1, 0.15) is 36.4 Å². The van der Waals surface area contributed by atoms with E-state index in [9.17, 15) is 9.59 Å². The first-order valence-electron chi connectivity index (χ1n) is 8.96. The number of benzene rings is 1. The van der Waals surface area contributed by atoms with Crippen LogP contribution in [0.25, 0.3) is 11.0 Å². The van der Waals surface area contributed by atoms with E-state index in [0.717, 1.165) is 35.4 Å². The van der Waals surface area contributed by atoms with E-state index in [1.54, 1.807) is 25.1 Å². The third-order valence-corrected chi connectivity index (χ3v) is 5.41. The molecular formula is C19H19N3O5S. The fraction of sp³-hybridized carbons (Fsp3) is 0.368. The molecule has 0 unspecified atom stereocenters. The summed E-state index contributed by atoms with van der Waals surface area (Å²) in [5, 5.41) is 12.8. The van der Waals surface area contributed by atoms with E-state index in [4.69, 9.17) is 13.9 Å². The van der Waals surface area contributed by atoms with Crippen molar-refractivity contribution in [2.45, 2.75) is 38.9 Å². The van der Waals surface area contributed by atoms with Crippen molar-refractivity contribution in [2.24, 2.45) is 0 Å². The van der Waals surface area contributed by atoms with Gasteiger partial charge in [0.15, 0.2) is 6.10 Å². The summed E-state index contributed by atoms with van der Waals surface area (Å²) in [6.45, 7) is 4.19. The summed E-state index contributed by atoms with van der Waals surface area (Å²) in [6, 6.07) is 6.58. The first-order chi connectivity index (χ1) is 13.5. The molecule has 1 aromatic carbocycles. The fourth-order valence-corrected chi connectivity index (χ4v) is 3.86. The van der Waals surface area contributed by atoms with Crippen molar-refractivity contribution < 1.29 is 18.7 Å². The Kier molecular flexibility index (Phi) is 5.10. The van der Waals surface area contributed by atoms with Crippen LogP contribution in [0, 0.1) is 6.92 Å². The van der Waals surface area contributed by atoms with E-state index in [0.29, 0.717) is 16.5 Å². The predicted molar refractivity (Wildman–Crippen MR) is 104 cm³/mol. The molecule has 1 amide bonds. The highest BCUT2D eigenvalue weighted by molar-refractivity contribution is 7.15. The highest BCUT2D eigenvalue weighted by Gasteiger charge is 2.23. The smallest absolute Gasteiger partial charge is 0.336 e. The lowest BCUT2D eigenvalue weighted by Gasteiger charge is -2.14. The average Bonchev–Trinajstić information content (AvgIpc) is 3.32. The Bertz CT molecular complexity index is 1070. The van der Waals surface area contributed by atoms with Gasteiger partial charge in [0, 0.05) is 24.1 Å². The van der Waals surface area contributed by atoms with Gasteiger partial charge < -0.3 is 13.9 Å². The highest BCUT2D eigenvalue weighted by Crippen LogP contribution is 2.32. The van der Waals surface area contributed by atoms with Crippen molar-refractivity contribution in [3.8, 4) is 5.75 Å². The Morgan fingerprint density at radius 1 is 1.36 bits per heavy atom. The zero-order valence-corrected chi connectivity index (χ0v) is 16.2. The molecule has 8 nitrogen and oxygen atoms in total. The van der Waals surface area contributed by atoms with Crippen LogP contribution in [0.15, 0.2) is 33.5 Å². The lowest BCUT2D eigenvalue weighted by atomic mass is 10.1. The van der Waals surface area contributed by atoms with Crippen LogP contribution >= 0.6 is 11.3 Å². The van der Waals surface area contributed by atoms with E-state index in [2.05, 4.69) is 15.5 Å². The number of rotatable bonds is 5. The maximum absolute atomic E-state index is 12.4. The molecule has 9 heteroatoms. The van der Waals surface area contributed by atoms with Gasteiger partial charge in [0.1, 0.15) is 22.4 Å². The highest BCUT2D eigenvalue weighted by atomic mass is 32.1. The number of hydrogen-bond donors (Lipinski definition) is 1. The molecule has 1 saturated heterocycles. The van der Waals surface area contributed by atoms with E-state index in [-0.39, 0.29) is 12.0 Å². The molecule has 0 aliphatic carbocycles. The van der Waals surface area contributed by atoms with Gasteiger partial charge in [-0.1, -0.05) is 11.3 Å². The Hall–Kier alpha value is -2.78. The zero-order chi connectivity index (χ0) is 19.7. The minimum Gasteiger partial charge on any atom is -0.481 e. The normalized spacial score (nSPS) is 17.6. The van der Waals surface area contributed by atoms with Crippen LogP contribution in [0.3, 0.4) is 0 Å². The molecule has 146 valence electrons.